The molecule has 2 fully saturated rings. The molecule has 0 unspecified atom stereocenters. The molecule has 1 saturated carbocycles. The Morgan fingerprint density at radius 1 is 1.13 bits per heavy atom. The third-order valence-electron chi connectivity index (χ3n) is 9.93. The van der Waals surface area contributed by atoms with Crippen LogP contribution in [-0.2, 0) is 28.6 Å². The number of Topliss-reactive ketones (excluding diaryl/α,β-unsaturated/α-hetero) is 1. The number of aliphatic hydroxyl groups excluding tert-OH is 3. The predicted octanol–water partition coefficient (Wildman–Crippen LogP) is 2.26. The molecule has 38 heavy (non-hydrogen) atoms. The maximum absolute atomic E-state index is 14.7. The van der Waals surface area contributed by atoms with E-state index < -0.39 is 69.9 Å². The Kier molecular flexibility index (Phi) is 6.96. The number of esters is 2. The van der Waals surface area contributed by atoms with Crippen molar-refractivity contribution in [3.05, 3.63) is 35.3 Å². The summed E-state index contributed by atoms with van der Waals surface area (Å²) in [5, 5.41) is 34.7. The van der Waals surface area contributed by atoms with Gasteiger partial charge >= 0.3 is 11.9 Å². The van der Waals surface area contributed by atoms with E-state index in [0.717, 1.165) is 0 Å². The molecule has 3 aliphatic rings. The van der Waals surface area contributed by atoms with Crippen molar-refractivity contribution in [2.45, 2.75) is 83.9 Å². The molecule has 8 atom stereocenters. The molecular weight excluding hydrogens is 496 g/mol. The average molecular weight is 535 g/mol. The van der Waals surface area contributed by atoms with Crippen molar-refractivity contribution >= 4 is 17.7 Å². The lowest BCUT2D eigenvalue weighted by Crippen LogP contribution is -2.59. The monoisotopic (exact) mass is 534 g/mol. The first-order valence-electron chi connectivity index (χ1n) is 12.8. The van der Waals surface area contributed by atoms with E-state index in [1.54, 1.807) is 40.7 Å². The smallest absolute Gasteiger partial charge is 0.309 e. The van der Waals surface area contributed by atoms with E-state index in [-0.39, 0.29) is 19.3 Å². The van der Waals surface area contributed by atoms with Crippen LogP contribution in [0.3, 0.4) is 0 Å². The first-order chi connectivity index (χ1) is 17.6. The fraction of sp³-hybridized carbons (Fsp3) is 0.679. The predicted molar refractivity (Wildman–Crippen MR) is 132 cm³/mol. The number of methoxy groups -OCH3 is 2. The van der Waals surface area contributed by atoms with Crippen LogP contribution in [0.2, 0.25) is 0 Å². The summed E-state index contributed by atoms with van der Waals surface area (Å²) in [4.78, 5) is 39.7. The SMILES string of the molecule is COC(=O)CC1=C(C)[C@]2(O[C@H]3C[C@@H](O)C(C)(C)[C@H](CC(=O)OC)[C@@]3(C)C2=O)[C@@H](O)[C@@]1(C)[C@@H](O)c1ccoc1. The molecule has 2 aliphatic carbocycles. The second-order valence-electron chi connectivity index (χ2n) is 11.9. The second kappa shape index (κ2) is 9.29. The average Bonchev–Trinajstić information content (AvgIpc) is 3.53. The van der Waals surface area contributed by atoms with Gasteiger partial charge in [0.15, 0.2) is 11.4 Å². The number of aliphatic hydroxyl groups is 3. The van der Waals surface area contributed by atoms with Crippen LogP contribution in [0.5, 0.6) is 0 Å². The lowest BCUT2D eigenvalue weighted by atomic mass is 9.51. The van der Waals surface area contributed by atoms with Crippen molar-refractivity contribution in [3.63, 3.8) is 0 Å². The summed E-state index contributed by atoms with van der Waals surface area (Å²) < 4.78 is 21.5. The van der Waals surface area contributed by atoms with E-state index in [0.29, 0.717) is 16.7 Å². The van der Waals surface area contributed by atoms with Gasteiger partial charge in [0.1, 0.15) is 6.10 Å². The van der Waals surface area contributed by atoms with Gasteiger partial charge in [-0.1, -0.05) is 20.8 Å². The van der Waals surface area contributed by atoms with Crippen LogP contribution in [0.15, 0.2) is 34.2 Å². The maximum Gasteiger partial charge on any atom is 0.309 e. The molecule has 1 saturated heterocycles. The first kappa shape index (κ1) is 28.5. The molecule has 0 aromatic carbocycles. The van der Waals surface area contributed by atoms with Gasteiger partial charge in [0, 0.05) is 23.8 Å². The molecule has 10 nitrogen and oxygen atoms in total. The van der Waals surface area contributed by atoms with Crippen LogP contribution in [0.25, 0.3) is 0 Å². The number of carbonyl (C=O) groups is 3. The molecular formula is C28H38O10. The summed E-state index contributed by atoms with van der Waals surface area (Å²) in [5.74, 6) is -2.28. The Labute approximate surface area is 221 Å². The number of ether oxygens (including phenoxy) is 3. The number of hydrogen-bond donors (Lipinski definition) is 3. The van der Waals surface area contributed by atoms with Crippen molar-refractivity contribution in [2.75, 3.05) is 14.2 Å². The van der Waals surface area contributed by atoms with E-state index in [9.17, 15) is 29.7 Å². The summed E-state index contributed by atoms with van der Waals surface area (Å²) >= 11 is 0. The summed E-state index contributed by atoms with van der Waals surface area (Å²) in [6, 6.07) is 1.54. The molecule has 0 amide bonds. The zero-order valence-corrected chi connectivity index (χ0v) is 22.9. The third kappa shape index (κ3) is 3.57. The van der Waals surface area contributed by atoms with E-state index in [1.165, 1.54) is 26.7 Å². The molecule has 2 heterocycles. The number of ketones is 1. The molecule has 1 aromatic heterocycles. The summed E-state index contributed by atoms with van der Waals surface area (Å²) in [5.41, 5.74) is -4.62. The fourth-order valence-corrected chi connectivity index (χ4v) is 7.36. The van der Waals surface area contributed by atoms with Crippen LogP contribution in [0.1, 0.15) is 65.5 Å². The highest BCUT2D eigenvalue weighted by Crippen LogP contribution is 2.66. The Morgan fingerprint density at radius 3 is 2.32 bits per heavy atom. The van der Waals surface area contributed by atoms with Crippen molar-refractivity contribution < 1.29 is 48.3 Å². The third-order valence-corrected chi connectivity index (χ3v) is 9.93. The molecule has 210 valence electrons. The van der Waals surface area contributed by atoms with Gasteiger partial charge < -0.3 is 33.9 Å². The topological polar surface area (TPSA) is 153 Å². The van der Waals surface area contributed by atoms with Gasteiger partial charge in [-0.25, -0.2) is 0 Å². The summed E-state index contributed by atoms with van der Waals surface area (Å²) in [6.07, 6.45) is -2.32. The van der Waals surface area contributed by atoms with Gasteiger partial charge in [-0.05, 0) is 42.4 Å². The lowest BCUT2D eigenvalue weighted by molar-refractivity contribution is -0.176. The molecule has 0 radical (unpaired) electrons. The van der Waals surface area contributed by atoms with Gasteiger partial charge in [0.2, 0.25) is 0 Å². The van der Waals surface area contributed by atoms with Gasteiger partial charge in [0.05, 0.1) is 56.9 Å². The first-order valence-corrected chi connectivity index (χ1v) is 12.8. The second-order valence-corrected chi connectivity index (χ2v) is 11.9. The Morgan fingerprint density at radius 2 is 1.76 bits per heavy atom. The molecule has 0 bridgehead atoms. The highest BCUT2D eigenvalue weighted by atomic mass is 16.5. The van der Waals surface area contributed by atoms with Gasteiger partial charge in [0.25, 0.3) is 0 Å². The molecule has 3 N–H and O–H groups in total. The number of rotatable bonds is 6. The minimum atomic E-state index is -1.92. The largest absolute Gasteiger partial charge is 0.472 e. The fourth-order valence-electron chi connectivity index (χ4n) is 7.36. The molecule has 1 aromatic rings. The number of furan rings is 1. The van der Waals surface area contributed by atoms with Crippen molar-refractivity contribution in [1.82, 2.24) is 0 Å². The summed E-state index contributed by atoms with van der Waals surface area (Å²) in [7, 11) is 2.50. The Balaban J connectivity index is 1.91. The minimum absolute atomic E-state index is 0.0992. The highest BCUT2D eigenvalue weighted by Gasteiger charge is 2.76. The van der Waals surface area contributed by atoms with Crippen LogP contribution in [0.4, 0.5) is 0 Å². The maximum atomic E-state index is 14.7. The van der Waals surface area contributed by atoms with E-state index in [4.69, 9.17) is 18.6 Å². The van der Waals surface area contributed by atoms with Crippen molar-refractivity contribution in [3.8, 4) is 0 Å². The van der Waals surface area contributed by atoms with E-state index >= 15 is 0 Å². The van der Waals surface area contributed by atoms with Crippen molar-refractivity contribution in [1.29, 1.82) is 0 Å². The quantitative estimate of drug-likeness (QED) is 0.366. The molecule has 10 heteroatoms. The normalized spacial score (nSPS) is 38.8. The van der Waals surface area contributed by atoms with Crippen LogP contribution >= 0.6 is 0 Å². The van der Waals surface area contributed by atoms with Crippen LogP contribution in [0, 0.1) is 22.2 Å². The minimum Gasteiger partial charge on any atom is -0.472 e. The highest BCUT2D eigenvalue weighted by molar-refractivity contribution is 6.00. The number of carbonyl (C=O) groups excluding carboxylic acids is 3. The lowest BCUT2D eigenvalue weighted by Gasteiger charge is -2.52. The zero-order chi connectivity index (χ0) is 28.4. The van der Waals surface area contributed by atoms with Gasteiger partial charge in [-0.2, -0.15) is 0 Å². The Bertz CT molecular complexity index is 1150. The van der Waals surface area contributed by atoms with Crippen LogP contribution in [-0.4, -0.2) is 71.2 Å². The van der Waals surface area contributed by atoms with E-state index in [2.05, 4.69) is 0 Å². The van der Waals surface area contributed by atoms with Crippen molar-refractivity contribution in [2.24, 2.45) is 22.2 Å². The molecule has 4 rings (SSSR count). The molecule has 1 aliphatic heterocycles. The standard InChI is InChI=1S/C28H38O10/c1-14-16(10-20(30)35-6)26(4,22(32)15-8-9-37-13-15)23(33)28(14)24(34)27(5)17(11-21(31)36-7)25(2,3)18(29)12-19(27)38-28/h8-9,13,17-19,22-23,29,32-33H,10-12H2,1-7H3/t17-,18+,19-,22-,23-,26+,27+,28-/m0/s1. The van der Waals surface area contributed by atoms with Crippen LogP contribution < -0.4 is 0 Å². The zero-order valence-electron chi connectivity index (χ0n) is 22.9. The van der Waals surface area contributed by atoms with Gasteiger partial charge in [-0.15, -0.1) is 0 Å². The Hall–Kier alpha value is -2.53. The van der Waals surface area contributed by atoms with E-state index in [1.807, 2.05) is 0 Å². The number of fused-ring (bicyclic) bond motifs is 1. The molecule has 1 spiro atoms. The number of hydrogen-bond acceptors (Lipinski definition) is 10. The summed E-state index contributed by atoms with van der Waals surface area (Å²) in [6.45, 7) is 8.50. The van der Waals surface area contributed by atoms with Gasteiger partial charge in [-0.3, -0.25) is 14.4 Å².